The molecule has 130 valence electrons. The van der Waals surface area contributed by atoms with Gasteiger partial charge in [-0.15, -0.1) is 0 Å². The van der Waals surface area contributed by atoms with Gasteiger partial charge in [-0.25, -0.2) is 9.50 Å². The van der Waals surface area contributed by atoms with Crippen LogP contribution < -0.4 is 5.56 Å². The lowest BCUT2D eigenvalue weighted by Crippen LogP contribution is -2.34. The van der Waals surface area contributed by atoms with E-state index in [-0.39, 0.29) is 17.9 Å². The van der Waals surface area contributed by atoms with Crippen molar-refractivity contribution < 1.29 is 9.21 Å². The summed E-state index contributed by atoms with van der Waals surface area (Å²) in [7, 11) is 0. The first-order valence-electron chi connectivity index (χ1n) is 8.42. The van der Waals surface area contributed by atoms with E-state index in [0.717, 1.165) is 35.6 Å². The van der Waals surface area contributed by atoms with Gasteiger partial charge in [0.05, 0.1) is 19.2 Å². The van der Waals surface area contributed by atoms with E-state index in [2.05, 4.69) is 10.1 Å². The van der Waals surface area contributed by atoms with Crippen molar-refractivity contribution in [2.24, 2.45) is 0 Å². The second-order valence-corrected chi connectivity index (χ2v) is 6.58. The topological polar surface area (TPSA) is 83.6 Å². The van der Waals surface area contributed by atoms with Gasteiger partial charge in [-0.05, 0) is 38.8 Å². The van der Waals surface area contributed by atoms with Crippen LogP contribution in [0.1, 0.15) is 35.6 Å². The highest BCUT2D eigenvalue weighted by molar-refractivity contribution is 5.80. The lowest BCUT2D eigenvalue weighted by molar-refractivity contribution is -0.132. The van der Waals surface area contributed by atoms with Crippen LogP contribution in [-0.4, -0.2) is 31.4 Å². The Kier molecular flexibility index (Phi) is 3.71. The predicted molar refractivity (Wildman–Crippen MR) is 91.3 cm³/mol. The van der Waals surface area contributed by atoms with Crippen molar-refractivity contribution >= 4 is 11.6 Å². The number of carbonyl (C=O) groups is 1. The molecule has 0 bridgehead atoms. The zero-order valence-electron chi connectivity index (χ0n) is 14.3. The molecule has 0 radical (unpaired) electrons. The fraction of sp³-hybridized carbons (Fsp3) is 0.389. The largest absolute Gasteiger partial charge is 0.467 e. The summed E-state index contributed by atoms with van der Waals surface area (Å²) in [6, 6.07) is 5.47. The minimum absolute atomic E-state index is 0.0563. The number of rotatable bonds is 5. The van der Waals surface area contributed by atoms with Crippen LogP contribution in [0.3, 0.4) is 0 Å². The van der Waals surface area contributed by atoms with Crippen LogP contribution in [0.25, 0.3) is 5.65 Å². The summed E-state index contributed by atoms with van der Waals surface area (Å²) < 4.78 is 7.04. The quantitative estimate of drug-likeness (QED) is 0.770. The van der Waals surface area contributed by atoms with Crippen molar-refractivity contribution in [2.75, 3.05) is 0 Å². The molecule has 25 heavy (non-hydrogen) atoms. The molecule has 1 amide bonds. The molecule has 3 aromatic heterocycles. The molecule has 1 aliphatic rings. The number of H-pyrrole nitrogens is 1. The number of fused-ring (bicyclic) bond motifs is 1. The molecular formula is C18H20N4O3. The highest BCUT2D eigenvalue weighted by Gasteiger charge is 2.33. The number of aromatic amines is 1. The van der Waals surface area contributed by atoms with Crippen molar-refractivity contribution in [1.29, 1.82) is 0 Å². The molecule has 0 saturated heterocycles. The lowest BCUT2D eigenvalue weighted by atomic mass is 10.1. The molecular weight excluding hydrogens is 320 g/mol. The average Bonchev–Trinajstić information content (AvgIpc) is 3.14. The molecule has 0 atom stereocenters. The maximum absolute atomic E-state index is 12.9. The van der Waals surface area contributed by atoms with Gasteiger partial charge in [0.1, 0.15) is 5.76 Å². The highest BCUT2D eigenvalue weighted by atomic mass is 16.3. The summed E-state index contributed by atoms with van der Waals surface area (Å²) >= 11 is 0. The second kappa shape index (κ2) is 5.91. The third-order valence-corrected chi connectivity index (χ3v) is 4.74. The molecule has 7 heteroatoms. The third-order valence-electron chi connectivity index (χ3n) is 4.74. The van der Waals surface area contributed by atoms with Crippen LogP contribution >= 0.6 is 0 Å². The molecule has 4 rings (SSSR count). The van der Waals surface area contributed by atoms with E-state index >= 15 is 0 Å². The van der Waals surface area contributed by atoms with E-state index in [1.807, 2.05) is 30.9 Å². The van der Waals surface area contributed by atoms with Gasteiger partial charge in [-0.2, -0.15) is 0 Å². The summed E-state index contributed by atoms with van der Waals surface area (Å²) in [5.74, 6) is 0.845. The van der Waals surface area contributed by atoms with E-state index < -0.39 is 0 Å². The smallest absolute Gasteiger partial charge is 0.266 e. The Hall–Kier alpha value is -2.83. The Labute approximate surface area is 144 Å². The van der Waals surface area contributed by atoms with Crippen LogP contribution in [0, 0.1) is 13.8 Å². The maximum atomic E-state index is 12.9. The SMILES string of the molecule is Cc1nc2cc(=O)[nH]n2c(C)c1CC(=O)N(Cc1ccco1)C1CC1. The van der Waals surface area contributed by atoms with E-state index in [4.69, 9.17) is 4.42 Å². The van der Waals surface area contributed by atoms with Gasteiger partial charge in [0.25, 0.3) is 5.56 Å². The van der Waals surface area contributed by atoms with E-state index in [9.17, 15) is 9.59 Å². The van der Waals surface area contributed by atoms with Gasteiger partial charge < -0.3 is 9.32 Å². The van der Waals surface area contributed by atoms with Gasteiger partial charge in [0.15, 0.2) is 5.65 Å². The van der Waals surface area contributed by atoms with Gasteiger partial charge in [0, 0.05) is 29.1 Å². The molecule has 1 N–H and O–H groups in total. The van der Waals surface area contributed by atoms with E-state index in [0.29, 0.717) is 18.2 Å². The standard InChI is InChI=1S/C18H20N4O3/c1-11-15(12(2)22-16(19-11)9-17(23)20-22)8-18(24)21(13-5-6-13)10-14-4-3-7-25-14/h3-4,7,9,13H,5-6,8,10H2,1-2H3,(H,20,23). The number of nitrogens with one attached hydrogen (secondary N) is 1. The summed E-state index contributed by atoms with van der Waals surface area (Å²) in [4.78, 5) is 30.8. The maximum Gasteiger partial charge on any atom is 0.266 e. The van der Waals surface area contributed by atoms with Crippen molar-refractivity contribution in [1.82, 2.24) is 19.5 Å². The normalized spacial score (nSPS) is 14.2. The molecule has 3 heterocycles. The van der Waals surface area contributed by atoms with Crippen molar-refractivity contribution in [3.63, 3.8) is 0 Å². The highest BCUT2D eigenvalue weighted by Crippen LogP contribution is 2.29. The summed E-state index contributed by atoms with van der Waals surface area (Å²) in [5.41, 5.74) is 2.85. The molecule has 7 nitrogen and oxygen atoms in total. The number of aromatic nitrogens is 3. The van der Waals surface area contributed by atoms with Crippen LogP contribution in [0.4, 0.5) is 0 Å². The van der Waals surface area contributed by atoms with Gasteiger partial charge in [0.2, 0.25) is 5.91 Å². The third kappa shape index (κ3) is 2.97. The van der Waals surface area contributed by atoms with Crippen LogP contribution in [-0.2, 0) is 17.8 Å². The Balaban J connectivity index is 1.63. The van der Waals surface area contributed by atoms with Crippen LogP contribution in [0.15, 0.2) is 33.7 Å². The number of hydrogen-bond acceptors (Lipinski definition) is 4. The monoisotopic (exact) mass is 340 g/mol. The van der Waals surface area contributed by atoms with E-state index in [1.165, 1.54) is 6.07 Å². The zero-order chi connectivity index (χ0) is 17.6. The number of hydrogen-bond donors (Lipinski definition) is 1. The Morgan fingerprint density at radius 1 is 1.44 bits per heavy atom. The minimum Gasteiger partial charge on any atom is -0.467 e. The minimum atomic E-state index is -0.198. The Bertz CT molecular complexity index is 980. The van der Waals surface area contributed by atoms with Gasteiger partial charge in [-0.3, -0.25) is 14.7 Å². The number of carbonyl (C=O) groups excluding carboxylic acids is 1. The van der Waals surface area contributed by atoms with E-state index in [1.54, 1.807) is 10.8 Å². The fourth-order valence-electron chi connectivity index (χ4n) is 3.24. The molecule has 3 aromatic rings. The van der Waals surface area contributed by atoms with Crippen LogP contribution in [0.2, 0.25) is 0 Å². The number of furan rings is 1. The predicted octanol–water partition coefficient (Wildman–Crippen LogP) is 1.97. The molecule has 1 saturated carbocycles. The first-order chi connectivity index (χ1) is 12.0. The van der Waals surface area contributed by atoms with Crippen molar-refractivity contribution in [3.05, 3.63) is 57.5 Å². The van der Waals surface area contributed by atoms with Crippen LogP contribution in [0.5, 0.6) is 0 Å². The average molecular weight is 340 g/mol. The lowest BCUT2D eigenvalue weighted by Gasteiger charge is -2.22. The molecule has 0 aliphatic heterocycles. The molecule has 0 unspecified atom stereocenters. The number of amides is 1. The summed E-state index contributed by atoms with van der Waals surface area (Å²) in [6.45, 7) is 4.26. The van der Waals surface area contributed by atoms with Gasteiger partial charge in [-0.1, -0.05) is 0 Å². The fourth-order valence-corrected chi connectivity index (χ4v) is 3.24. The first-order valence-corrected chi connectivity index (χ1v) is 8.42. The molecule has 0 spiro atoms. The first kappa shape index (κ1) is 15.7. The summed E-state index contributed by atoms with van der Waals surface area (Å²) in [6.07, 6.45) is 3.96. The molecule has 1 aliphatic carbocycles. The molecule has 0 aromatic carbocycles. The van der Waals surface area contributed by atoms with Crippen molar-refractivity contribution in [2.45, 2.75) is 45.7 Å². The molecule has 1 fully saturated rings. The summed E-state index contributed by atoms with van der Waals surface area (Å²) in [5, 5.41) is 2.73. The van der Waals surface area contributed by atoms with Gasteiger partial charge >= 0.3 is 0 Å². The van der Waals surface area contributed by atoms with Crippen molar-refractivity contribution in [3.8, 4) is 0 Å². The Morgan fingerprint density at radius 2 is 2.24 bits per heavy atom. The Morgan fingerprint density at radius 3 is 2.92 bits per heavy atom. The number of nitrogens with zero attached hydrogens (tertiary/aromatic N) is 3. The zero-order valence-corrected chi connectivity index (χ0v) is 14.3. The second-order valence-electron chi connectivity index (χ2n) is 6.58. The number of aryl methyl sites for hydroxylation is 2.